The van der Waals surface area contributed by atoms with Gasteiger partial charge < -0.3 is 21.3 Å². The zero-order chi connectivity index (χ0) is 17.3. The Bertz CT molecular complexity index is 592. The molecule has 3 amide bonds. The maximum Gasteiger partial charge on any atom is 0.244 e. The van der Waals surface area contributed by atoms with E-state index in [2.05, 4.69) is 10.6 Å². The van der Waals surface area contributed by atoms with Crippen LogP contribution in [-0.4, -0.2) is 58.4 Å². The van der Waals surface area contributed by atoms with E-state index in [4.69, 9.17) is 5.73 Å². The van der Waals surface area contributed by atoms with Crippen molar-refractivity contribution in [3.05, 3.63) is 0 Å². The van der Waals surface area contributed by atoms with E-state index in [1.807, 2.05) is 6.07 Å². The molecule has 0 aromatic carbocycles. The Labute approximate surface area is 144 Å². The van der Waals surface area contributed by atoms with E-state index in [-0.39, 0.29) is 29.0 Å². The second-order valence-corrected chi connectivity index (χ2v) is 7.65. The number of nitrogens with zero attached hydrogens (tertiary/aromatic N) is 2. The number of hydrogen-bond donors (Lipinski definition) is 3. The van der Waals surface area contributed by atoms with E-state index in [9.17, 15) is 19.6 Å². The van der Waals surface area contributed by atoms with Gasteiger partial charge in [-0.3, -0.25) is 14.4 Å². The van der Waals surface area contributed by atoms with E-state index < -0.39 is 18.1 Å². The van der Waals surface area contributed by atoms with Crippen molar-refractivity contribution in [2.24, 2.45) is 11.7 Å². The molecule has 3 heterocycles. The van der Waals surface area contributed by atoms with Gasteiger partial charge in [-0.2, -0.15) is 5.26 Å². The SMILES string of the molecule is N#CC(C[C@@H]1CCNC1=O)NC(=O)[C@H]1CSC2CCC(N)C(=O)N21. The first-order chi connectivity index (χ1) is 11.5. The fourth-order valence-corrected chi connectivity index (χ4v) is 4.92. The molecule has 9 heteroatoms. The average molecular weight is 351 g/mol. The lowest BCUT2D eigenvalue weighted by Gasteiger charge is -2.35. The van der Waals surface area contributed by atoms with Gasteiger partial charge in [0.05, 0.1) is 17.5 Å². The van der Waals surface area contributed by atoms with Gasteiger partial charge >= 0.3 is 0 Å². The maximum atomic E-state index is 12.6. The molecule has 24 heavy (non-hydrogen) atoms. The summed E-state index contributed by atoms with van der Waals surface area (Å²) < 4.78 is 0. The fourth-order valence-electron chi connectivity index (χ4n) is 3.49. The summed E-state index contributed by atoms with van der Waals surface area (Å²) in [5, 5.41) is 14.7. The number of rotatable bonds is 4. The molecule has 3 unspecified atom stereocenters. The van der Waals surface area contributed by atoms with Crippen molar-refractivity contribution in [2.45, 2.75) is 49.2 Å². The van der Waals surface area contributed by atoms with Crippen LogP contribution in [0, 0.1) is 17.2 Å². The van der Waals surface area contributed by atoms with Gasteiger partial charge in [0, 0.05) is 18.2 Å². The van der Waals surface area contributed by atoms with Gasteiger partial charge in [-0.15, -0.1) is 11.8 Å². The molecule has 0 spiro atoms. The van der Waals surface area contributed by atoms with E-state index in [1.165, 1.54) is 0 Å². The van der Waals surface area contributed by atoms with Gasteiger partial charge in [-0.25, -0.2) is 0 Å². The van der Waals surface area contributed by atoms with Gasteiger partial charge in [-0.05, 0) is 25.7 Å². The van der Waals surface area contributed by atoms with Gasteiger partial charge in [0.25, 0.3) is 0 Å². The molecule has 8 nitrogen and oxygen atoms in total. The highest BCUT2D eigenvalue weighted by atomic mass is 32.2. The molecule has 3 rings (SSSR count). The Hall–Kier alpha value is -1.79. The quantitative estimate of drug-likeness (QED) is 0.590. The van der Waals surface area contributed by atoms with E-state index in [0.717, 1.165) is 6.42 Å². The molecule has 0 saturated carbocycles. The van der Waals surface area contributed by atoms with Crippen molar-refractivity contribution in [2.75, 3.05) is 12.3 Å². The first-order valence-electron chi connectivity index (χ1n) is 8.18. The van der Waals surface area contributed by atoms with Crippen LogP contribution in [0.3, 0.4) is 0 Å². The second kappa shape index (κ2) is 6.99. The molecule has 0 aliphatic carbocycles. The number of carbonyl (C=O) groups is 3. The predicted molar refractivity (Wildman–Crippen MR) is 87.4 cm³/mol. The summed E-state index contributed by atoms with van der Waals surface area (Å²) in [6, 6.07) is 0.174. The first kappa shape index (κ1) is 17.0. The molecular formula is C15H21N5O3S. The number of piperidine rings is 1. The predicted octanol–water partition coefficient (Wildman–Crippen LogP) is -1.09. The Kier molecular flexibility index (Phi) is 4.96. The summed E-state index contributed by atoms with van der Waals surface area (Å²) >= 11 is 1.58. The number of amides is 3. The number of thioether (sulfide) groups is 1. The van der Waals surface area contributed by atoms with Crippen LogP contribution < -0.4 is 16.4 Å². The lowest BCUT2D eigenvalue weighted by atomic mass is 9.98. The summed E-state index contributed by atoms with van der Waals surface area (Å²) in [7, 11) is 0. The van der Waals surface area contributed by atoms with Crippen molar-refractivity contribution in [1.29, 1.82) is 5.26 Å². The summed E-state index contributed by atoms with van der Waals surface area (Å²) in [6.07, 6.45) is 2.39. The lowest BCUT2D eigenvalue weighted by molar-refractivity contribution is -0.143. The minimum atomic E-state index is -0.732. The minimum absolute atomic E-state index is 0.00537. The molecule has 3 aliphatic heterocycles. The average Bonchev–Trinajstić information content (AvgIpc) is 3.17. The van der Waals surface area contributed by atoms with Crippen LogP contribution in [0.25, 0.3) is 0 Å². The molecule has 3 aliphatic rings. The Balaban J connectivity index is 1.62. The normalized spacial score (nSPS) is 33.6. The number of fused-ring (bicyclic) bond motifs is 1. The number of nitrogens with two attached hydrogens (primary N) is 1. The summed E-state index contributed by atoms with van der Waals surface area (Å²) in [5.41, 5.74) is 5.82. The molecule has 0 aromatic rings. The van der Waals surface area contributed by atoms with E-state index in [0.29, 0.717) is 31.6 Å². The van der Waals surface area contributed by atoms with Crippen molar-refractivity contribution >= 4 is 29.5 Å². The van der Waals surface area contributed by atoms with Crippen LogP contribution >= 0.6 is 11.8 Å². The Morgan fingerprint density at radius 3 is 2.92 bits per heavy atom. The molecule has 5 atom stereocenters. The highest BCUT2D eigenvalue weighted by Crippen LogP contribution is 2.36. The maximum absolute atomic E-state index is 12.6. The first-order valence-corrected chi connectivity index (χ1v) is 9.23. The lowest BCUT2D eigenvalue weighted by Crippen LogP contribution is -2.58. The van der Waals surface area contributed by atoms with Crippen LogP contribution in [0.1, 0.15) is 25.7 Å². The molecule has 0 bridgehead atoms. The van der Waals surface area contributed by atoms with Gasteiger partial charge in [0.1, 0.15) is 12.1 Å². The topological polar surface area (TPSA) is 128 Å². The number of nitrogens with one attached hydrogen (secondary N) is 2. The van der Waals surface area contributed by atoms with Gasteiger partial charge in [-0.1, -0.05) is 0 Å². The number of nitriles is 1. The molecule has 130 valence electrons. The number of hydrogen-bond acceptors (Lipinski definition) is 6. The van der Waals surface area contributed by atoms with Crippen LogP contribution in [-0.2, 0) is 14.4 Å². The summed E-state index contributed by atoms with van der Waals surface area (Å²) in [6.45, 7) is 0.608. The van der Waals surface area contributed by atoms with Crippen molar-refractivity contribution in [3.8, 4) is 6.07 Å². The third-order valence-corrected chi connectivity index (χ3v) is 6.20. The van der Waals surface area contributed by atoms with Gasteiger partial charge in [0.2, 0.25) is 17.7 Å². The third kappa shape index (κ3) is 3.21. The molecule has 4 N–H and O–H groups in total. The molecule has 0 radical (unpaired) electrons. The van der Waals surface area contributed by atoms with Crippen molar-refractivity contribution in [1.82, 2.24) is 15.5 Å². The van der Waals surface area contributed by atoms with Crippen LogP contribution in [0.15, 0.2) is 0 Å². The third-order valence-electron chi connectivity index (χ3n) is 4.85. The number of carbonyl (C=O) groups excluding carboxylic acids is 3. The monoisotopic (exact) mass is 351 g/mol. The highest BCUT2D eigenvalue weighted by molar-refractivity contribution is 8.00. The Morgan fingerprint density at radius 1 is 1.46 bits per heavy atom. The fraction of sp³-hybridized carbons (Fsp3) is 0.733. The zero-order valence-corrected chi connectivity index (χ0v) is 14.1. The second-order valence-electron chi connectivity index (χ2n) is 6.44. The van der Waals surface area contributed by atoms with Crippen LogP contribution in [0.5, 0.6) is 0 Å². The van der Waals surface area contributed by atoms with E-state index in [1.54, 1.807) is 16.7 Å². The van der Waals surface area contributed by atoms with Crippen LogP contribution in [0.4, 0.5) is 0 Å². The molecular weight excluding hydrogens is 330 g/mol. The Morgan fingerprint density at radius 2 is 2.25 bits per heavy atom. The van der Waals surface area contributed by atoms with E-state index >= 15 is 0 Å². The van der Waals surface area contributed by atoms with Crippen LogP contribution in [0.2, 0.25) is 0 Å². The minimum Gasteiger partial charge on any atom is -0.356 e. The van der Waals surface area contributed by atoms with Crippen molar-refractivity contribution in [3.63, 3.8) is 0 Å². The standard InChI is InChI=1S/C15H21N5O3S/c16-6-9(5-8-3-4-18-13(8)21)19-14(22)11-7-24-12-2-1-10(17)15(23)20(11)12/h8-12H,1-5,7,17H2,(H,18,21)(H,19,22)/t8-,9?,10?,11+,12?/m0/s1. The van der Waals surface area contributed by atoms with Gasteiger partial charge in [0.15, 0.2) is 0 Å². The molecule has 3 fully saturated rings. The summed E-state index contributed by atoms with van der Waals surface area (Å²) in [4.78, 5) is 38.1. The van der Waals surface area contributed by atoms with Crippen molar-refractivity contribution < 1.29 is 14.4 Å². The zero-order valence-electron chi connectivity index (χ0n) is 13.2. The summed E-state index contributed by atoms with van der Waals surface area (Å²) in [5.74, 6) is -0.335. The molecule has 3 saturated heterocycles. The largest absolute Gasteiger partial charge is 0.356 e. The smallest absolute Gasteiger partial charge is 0.244 e. The highest BCUT2D eigenvalue weighted by Gasteiger charge is 2.46. The molecule has 0 aromatic heterocycles.